The highest BCUT2D eigenvalue weighted by Crippen LogP contribution is 2.23. The van der Waals surface area contributed by atoms with E-state index >= 15 is 0 Å². The predicted molar refractivity (Wildman–Crippen MR) is 145 cm³/mol. The van der Waals surface area contributed by atoms with Gasteiger partial charge in [-0.25, -0.2) is 5.43 Å². The van der Waals surface area contributed by atoms with Crippen molar-refractivity contribution in [1.82, 2.24) is 15.0 Å². The first kappa shape index (κ1) is 24.3. The van der Waals surface area contributed by atoms with E-state index < -0.39 is 0 Å². The second-order valence-corrected chi connectivity index (χ2v) is 9.61. The molecule has 1 N–H and O–H groups in total. The summed E-state index contributed by atoms with van der Waals surface area (Å²) in [5.74, 6) is 2.67. The fourth-order valence-electron chi connectivity index (χ4n) is 4.49. The minimum Gasteiger partial charge on any atom is -0.488 e. The number of ether oxygens (including phenoxy) is 1. The molecule has 0 unspecified atom stereocenters. The average Bonchev–Trinajstić information content (AvgIpc) is 2.94. The molecule has 8 nitrogen and oxygen atoms in total. The first-order valence-electron chi connectivity index (χ1n) is 12.8. The van der Waals surface area contributed by atoms with Crippen LogP contribution in [0.3, 0.4) is 0 Å². The second kappa shape index (κ2) is 12.0. The highest BCUT2D eigenvalue weighted by molar-refractivity contribution is 6.30. The second-order valence-electron chi connectivity index (χ2n) is 9.18. The van der Waals surface area contributed by atoms with E-state index in [-0.39, 0.29) is 0 Å². The maximum absolute atomic E-state index is 6.05. The number of rotatable bonds is 8. The summed E-state index contributed by atoms with van der Waals surface area (Å²) in [7, 11) is 0. The van der Waals surface area contributed by atoms with E-state index in [9.17, 15) is 0 Å². The monoisotopic (exact) mass is 505 g/mol. The van der Waals surface area contributed by atoms with Gasteiger partial charge in [0.15, 0.2) is 0 Å². The lowest BCUT2D eigenvalue weighted by atomic mass is 10.1. The number of nitrogens with zero attached hydrogens (tertiary/aromatic N) is 6. The van der Waals surface area contributed by atoms with E-state index in [1.165, 1.54) is 38.5 Å². The van der Waals surface area contributed by atoms with Gasteiger partial charge in [0.25, 0.3) is 0 Å². The summed E-state index contributed by atoms with van der Waals surface area (Å²) < 4.78 is 6.05. The van der Waals surface area contributed by atoms with Crippen LogP contribution in [-0.2, 0) is 6.61 Å². The van der Waals surface area contributed by atoms with Crippen molar-refractivity contribution < 1.29 is 4.74 Å². The third kappa shape index (κ3) is 6.43. The molecule has 2 aliphatic rings. The van der Waals surface area contributed by atoms with E-state index in [1.54, 1.807) is 6.21 Å². The third-order valence-corrected chi connectivity index (χ3v) is 6.74. The van der Waals surface area contributed by atoms with Gasteiger partial charge in [0.05, 0.1) is 6.21 Å². The van der Waals surface area contributed by atoms with Gasteiger partial charge in [0, 0.05) is 36.8 Å². The Hall–Kier alpha value is -3.39. The van der Waals surface area contributed by atoms with Crippen molar-refractivity contribution >= 4 is 35.7 Å². The van der Waals surface area contributed by atoms with Crippen molar-refractivity contribution in [3.8, 4) is 5.75 Å². The molecule has 2 aliphatic heterocycles. The number of benzene rings is 2. The number of para-hydroxylation sites is 1. The zero-order valence-corrected chi connectivity index (χ0v) is 21.2. The van der Waals surface area contributed by atoms with Gasteiger partial charge < -0.3 is 14.5 Å². The Morgan fingerprint density at radius 3 is 2.06 bits per heavy atom. The molecule has 5 rings (SSSR count). The minimum atomic E-state index is 0.446. The summed E-state index contributed by atoms with van der Waals surface area (Å²) in [5.41, 5.74) is 4.95. The number of nitrogens with one attached hydrogen (secondary N) is 1. The predicted octanol–water partition coefficient (Wildman–Crippen LogP) is 5.53. The molecular weight excluding hydrogens is 474 g/mol. The molecule has 0 aliphatic carbocycles. The van der Waals surface area contributed by atoms with Gasteiger partial charge in [-0.15, -0.1) is 0 Å². The molecule has 0 bridgehead atoms. The van der Waals surface area contributed by atoms with Crippen LogP contribution in [0.2, 0.25) is 5.02 Å². The number of halogens is 1. The molecule has 36 heavy (non-hydrogen) atoms. The van der Waals surface area contributed by atoms with E-state index in [0.717, 1.165) is 55.0 Å². The molecule has 1 aromatic heterocycles. The van der Waals surface area contributed by atoms with Crippen LogP contribution in [0.4, 0.5) is 17.8 Å². The number of anilines is 3. The van der Waals surface area contributed by atoms with Gasteiger partial charge in [0.2, 0.25) is 17.8 Å². The summed E-state index contributed by atoms with van der Waals surface area (Å²) in [6, 6.07) is 15.5. The molecule has 3 aromatic rings. The molecule has 0 amide bonds. The molecule has 0 saturated carbocycles. The number of piperidine rings is 2. The molecular formula is C27H32ClN7O. The van der Waals surface area contributed by atoms with E-state index in [2.05, 4.69) is 20.3 Å². The highest BCUT2D eigenvalue weighted by atomic mass is 35.5. The van der Waals surface area contributed by atoms with Crippen LogP contribution in [-0.4, -0.2) is 47.3 Å². The lowest BCUT2D eigenvalue weighted by Gasteiger charge is -2.30. The van der Waals surface area contributed by atoms with Gasteiger partial charge in [-0.05, 0) is 68.4 Å². The molecule has 0 spiro atoms. The molecule has 2 saturated heterocycles. The molecule has 188 valence electrons. The van der Waals surface area contributed by atoms with Crippen LogP contribution in [0.25, 0.3) is 0 Å². The number of aromatic nitrogens is 3. The summed E-state index contributed by atoms with van der Waals surface area (Å²) in [6.07, 6.45) is 8.92. The van der Waals surface area contributed by atoms with Crippen molar-refractivity contribution in [3.63, 3.8) is 0 Å². The standard InChI is InChI=1S/C27H32ClN7O/c28-23-13-11-21(12-14-23)20-36-24-10-4-3-9-22(24)19-29-33-25-30-26(34-15-5-1-6-16-34)32-27(31-25)35-17-7-2-8-18-35/h3-4,9-14,19H,1-2,5-8,15-18,20H2,(H,30,31,32,33)/b29-19+. The minimum absolute atomic E-state index is 0.446. The van der Waals surface area contributed by atoms with Crippen molar-refractivity contribution in [2.75, 3.05) is 41.4 Å². The Kier molecular flexibility index (Phi) is 8.13. The lowest BCUT2D eigenvalue weighted by molar-refractivity contribution is 0.306. The van der Waals surface area contributed by atoms with Gasteiger partial charge in [-0.2, -0.15) is 20.1 Å². The Labute approximate surface area is 217 Å². The summed E-state index contributed by atoms with van der Waals surface area (Å²) >= 11 is 5.98. The zero-order valence-electron chi connectivity index (χ0n) is 20.4. The number of hydrogen-bond acceptors (Lipinski definition) is 8. The van der Waals surface area contributed by atoms with Crippen LogP contribution < -0.4 is 20.0 Å². The maximum Gasteiger partial charge on any atom is 0.250 e. The Balaban J connectivity index is 1.31. The zero-order chi connectivity index (χ0) is 24.6. The van der Waals surface area contributed by atoms with E-state index in [1.807, 2.05) is 48.5 Å². The normalized spacial score (nSPS) is 16.4. The van der Waals surface area contributed by atoms with Crippen molar-refractivity contribution in [2.45, 2.75) is 45.1 Å². The van der Waals surface area contributed by atoms with Crippen molar-refractivity contribution in [3.05, 3.63) is 64.7 Å². The van der Waals surface area contributed by atoms with Gasteiger partial charge in [-0.1, -0.05) is 35.9 Å². The highest BCUT2D eigenvalue weighted by Gasteiger charge is 2.20. The molecule has 2 aromatic carbocycles. The van der Waals surface area contributed by atoms with Crippen LogP contribution in [0.5, 0.6) is 5.75 Å². The van der Waals surface area contributed by atoms with Crippen molar-refractivity contribution in [1.29, 1.82) is 0 Å². The summed E-state index contributed by atoms with van der Waals surface area (Å²) in [6.45, 7) is 4.35. The fourth-order valence-corrected chi connectivity index (χ4v) is 4.62. The molecule has 0 radical (unpaired) electrons. The van der Waals surface area contributed by atoms with E-state index in [4.69, 9.17) is 31.3 Å². The Bertz CT molecular complexity index is 1120. The van der Waals surface area contributed by atoms with Gasteiger partial charge >= 0.3 is 0 Å². The third-order valence-electron chi connectivity index (χ3n) is 6.48. The summed E-state index contributed by atoms with van der Waals surface area (Å²) in [4.78, 5) is 18.7. The average molecular weight is 506 g/mol. The van der Waals surface area contributed by atoms with Crippen LogP contribution in [0, 0.1) is 0 Å². The first-order chi connectivity index (χ1) is 17.7. The summed E-state index contributed by atoms with van der Waals surface area (Å²) in [5, 5.41) is 5.16. The Morgan fingerprint density at radius 2 is 1.42 bits per heavy atom. The molecule has 2 fully saturated rings. The van der Waals surface area contributed by atoms with Crippen LogP contribution >= 0.6 is 11.6 Å². The number of hydrogen-bond donors (Lipinski definition) is 1. The largest absolute Gasteiger partial charge is 0.488 e. The van der Waals surface area contributed by atoms with Gasteiger partial charge in [-0.3, -0.25) is 0 Å². The van der Waals surface area contributed by atoms with E-state index in [0.29, 0.717) is 17.6 Å². The topological polar surface area (TPSA) is 78.8 Å². The van der Waals surface area contributed by atoms with Crippen LogP contribution in [0.1, 0.15) is 49.7 Å². The maximum atomic E-state index is 6.05. The SMILES string of the molecule is Clc1ccc(COc2ccccc2/C=N/Nc2nc(N3CCCCC3)nc(N3CCCCC3)n2)cc1. The quantitative estimate of drug-likeness (QED) is 0.318. The van der Waals surface area contributed by atoms with Gasteiger partial charge in [0.1, 0.15) is 12.4 Å². The smallest absolute Gasteiger partial charge is 0.250 e. The molecule has 9 heteroatoms. The fraction of sp³-hybridized carbons (Fsp3) is 0.407. The molecule has 3 heterocycles. The van der Waals surface area contributed by atoms with Crippen molar-refractivity contribution in [2.24, 2.45) is 5.10 Å². The van der Waals surface area contributed by atoms with Crippen LogP contribution in [0.15, 0.2) is 53.6 Å². The first-order valence-corrected chi connectivity index (χ1v) is 13.1. The molecule has 0 atom stereocenters. The number of hydrazone groups is 1. The lowest BCUT2D eigenvalue weighted by Crippen LogP contribution is -2.34. The Morgan fingerprint density at radius 1 is 0.806 bits per heavy atom.